The molecule has 1 amide bonds. The van der Waals surface area contributed by atoms with Crippen LogP contribution in [-0.2, 0) is 20.7 Å². The highest BCUT2D eigenvalue weighted by Crippen LogP contribution is 2.57. The van der Waals surface area contributed by atoms with Crippen LogP contribution in [-0.4, -0.2) is 30.2 Å². The van der Waals surface area contributed by atoms with E-state index in [4.69, 9.17) is 9.84 Å². The van der Waals surface area contributed by atoms with Crippen molar-refractivity contribution in [1.29, 1.82) is 0 Å². The minimum absolute atomic E-state index is 0.00587. The van der Waals surface area contributed by atoms with Gasteiger partial charge in [-0.3, -0.25) is 9.59 Å². The molecule has 19 heavy (non-hydrogen) atoms. The summed E-state index contributed by atoms with van der Waals surface area (Å²) in [6, 6.07) is 6.91. The number of ether oxygens (including phenoxy) is 1. The minimum Gasteiger partial charge on any atom is -0.481 e. The first-order valence-corrected chi connectivity index (χ1v) is 6.30. The van der Waals surface area contributed by atoms with Crippen molar-refractivity contribution < 1.29 is 19.4 Å². The Balaban J connectivity index is 1.64. The number of anilines is 1. The average molecular weight is 261 g/mol. The lowest BCUT2D eigenvalue weighted by atomic mass is 10.1. The van der Waals surface area contributed by atoms with Gasteiger partial charge in [0.2, 0.25) is 5.91 Å². The van der Waals surface area contributed by atoms with Crippen molar-refractivity contribution in [3.8, 4) is 0 Å². The van der Waals surface area contributed by atoms with Crippen molar-refractivity contribution in [2.75, 3.05) is 18.5 Å². The van der Waals surface area contributed by atoms with Gasteiger partial charge < -0.3 is 15.2 Å². The summed E-state index contributed by atoms with van der Waals surface area (Å²) >= 11 is 0. The molecule has 0 bridgehead atoms. The number of rotatable bonds is 4. The third kappa shape index (κ3) is 2.21. The summed E-state index contributed by atoms with van der Waals surface area (Å²) in [6.07, 6.45) is 0.907. The van der Waals surface area contributed by atoms with Crippen LogP contribution < -0.4 is 5.32 Å². The van der Waals surface area contributed by atoms with E-state index in [1.165, 1.54) is 0 Å². The average Bonchev–Trinajstić information content (AvgIpc) is 2.94. The van der Waals surface area contributed by atoms with E-state index in [0.717, 1.165) is 12.0 Å². The van der Waals surface area contributed by atoms with Gasteiger partial charge in [0.05, 0.1) is 25.0 Å². The second-order valence-electron chi connectivity index (χ2n) is 5.29. The van der Waals surface area contributed by atoms with E-state index in [9.17, 15) is 9.59 Å². The first-order valence-electron chi connectivity index (χ1n) is 6.30. The Labute approximate surface area is 110 Å². The van der Waals surface area contributed by atoms with Gasteiger partial charge in [0, 0.05) is 11.6 Å². The Morgan fingerprint density at radius 3 is 2.63 bits per heavy atom. The van der Waals surface area contributed by atoms with Crippen LogP contribution in [0.2, 0.25) is 0 Å². The predicted molar refractivity (Wildman–Crippen MR) is 67.8 cm³/mol. The number of carbonyl (C=O) groups is 2. The zero-order chi connectivity index (χ0) is 13.5. The monoisotopic (exact) mass is 261 g/mol. The molecule has 1 heterocycles. The summed E-state index contributed by atoms with van der Waals surface area (Å²) in [5.41, 5.74) is 1.11. The topological polar surface area (TPSA) is 75.6 Å². The van der Waals surface area contributed by atoms with Crippen LogP contribution in [0.1, 0.15) is 12.0 Å². The number of fused-ring (bicyclic) bond motifs is 1. The van der Waals surface area contributed by atoms with E-state index < -0.39 is 5.97 Å². The fourth-order valence-corrected chi connectivity index (χ4v) is 2.64. The van der Waals surface area contributed by atoms with Crippen LogP contribution in [0.4, 0.5) is 5.69 Å². The van der Waals surface area contributed by atoms with Crippen molar-refractivity contribution >= 4 is 17.6 Å². The summed E-state index contributed by atoms with van der Waals surface area (Å²) in [5, 5.41) is 11.6. The number of carboxylic acids is 1. The summed E-state index contributed by atoms with van der Waals surface area (Å²) < 4.78 is 5.31. The maximum absolute atomic E-state index is 12.2. The second kappa shape index (κ2) is 4.35. The highest BCUT2D eigenvalue weighted by molar-refractivity contribution is 5.98. The number of nitrogens with one attached hydrogen (secondary N) is 1. The predicted octanol–water partition coefficient (Wildman–Crippen LogP) is 1.29. The van der Waals surface area contributed by atoms with Crippen LogP contribution in [0.15, 0.2) is 24.3 Å². The molecule has 0 unspecified atom stereocenters. The Morgan fingerprint density at radius 2 is 2.11 bits per heavy atom. The van der Waals surface area contributed by atoms with Crippen LogP contribution in [0.5, 0.6) is 0 Å². The summed E-state index contributed by atoms with van der Waals surface area (Å²) in [7, 11) is 0. The molecular weight excluding hydrogens is 246 g/mol. The van der Waals surface area contributed by atoms with Gasteiger partial charge in [0.1, 0.15) is 0 Å². The highest BCUT2D eigenvalue weighted by atomic mass is 16.5. The molecule has 100 valence electrons. The molecule has 2 N–H and O–H groups in total. The molecule has 5 heteroatoms. The first-order chi connectivity index (χ1) is 9.10. The summed E-state index contributed by atoms with van der Waals surface area (Å²) in [4.78, 5) is 22.7. The number of hydrogen-bond acceptors (Lipinski definition) is 3. The lowest BCUT2D eigenvalue weighted by molar-refractivity contribution is -0.136. The molecule has 0 aromatic heterocycles. The van der Waals surface area contributed by atoms with Crippen molar-refractivity contribution in [3.05, 3.63) is 29.8 Å². The molecule has 5 nitrogen and oxygen atoms in total. The fraction of sp³-hybridized carbons (Fsp3) is 0.429. The zero-order valence-electron chi connectivity index (χ0n) is 10.4. The van der Waals surface area contributed by atoms with E-state index in [-0.39, 0.29) is 17.7 Å². The van der Waals surface area contributed by atoms with Gasteiger partial charge in [-0.15, -0.1) is 0 Å². The number of carboxylic acid groups (broad SMARTS) is 1. The Kier molecular flexibility index (Phi) is 2.78. The van der Waals surface area contributed by atoms with Gasteiger partial charge in [-0.2, -0.15) is 0 Å². The molecular formula is C14H15NO4. The molecule has 1 aliphatic carbocycles. The summed E-state index contributed by atoms with van der Waals surface area (Å²) in [6.45, 7) is 1.20. The molecule has 2 fully saturated rings. The molecule has 2 aliphatic rings. The second-order valence-corrected chi connectivity index (χ2v) is 5.29. The molecule has 0 spiro atoms. The van der Waals surface area contributed by atoms with Gasteiger partial charge in [-0.05, 0) is 24.1 Å². The quantitative estimate of drug-likeness (QED) is 0.856. The van der Waals surface area contributed by atoms with Gasteiger partial charge in [-0.1, -0.05) is 12.1 Å². The molecule has 1 saturated heterocycles. The van der Waals surface area contributed by atoms with Gasteiger partial charge in [0.15, 0.2) is 0 Å². The fourth-order valence-electron chi connectivity index (χ4n) is 2.64. The molecule has 2 atom stereocenters. The van der Waals surface area contributed by atoms with E-state index in [2.05, 4.69) is 5.32 Å². The number of aliphatic carboxylic acids is 1. The lowest BCUT2D eigenvalue weighted by Crippen LogP contribution is -2.26. The smallest absolute Gasteiger partial charge is 0.307 e. The molecule has 3 rings (SSSR count). The number of hydrogen-bond donors (Lipinski definition) is 2. The standard InChI is InChI=1S/C14H15NO4/c16-12(17)5-9-1-3-11(4-2-9)15-13(18)14-6-10(14)7-19-8-14/h1-4,10H,5-8H2,(H,15,18)(H,16,17)/t10-,14-/m0/s1. The Morgan fingerprint density at radius 1 is 1.37 bits per heavy atom. The number of amides is 1. The van der Waals surface area contributed by atoms with Crippen molar-refractivity contribution in [2.45, 2.75) is 12.8 Å². The van der Waals surface area contributed by atoms with Crippen LogP contribution in [0, 0.1) is 11.3 Å². The van der Waals surface area contributed by atoms with E-state index >= 15 is 0 Å². The number of benzene rings is 1. The van der Waals surface area contributed by atoms with Gasteiger partial charge in [-0.25, -0.2) is 0 Å². The van der Waals surface area contributed by atoms with E-state index in [0.29, 0.717) is 24.8 Å². The van der Waals surface area contributed by atoms with Gasteiger partial charge >= 0.3 is 5.97 Å². The molecule has 1 aliphatic heterocycles. The van der Waals surface area contributed by atoms with Crippen LogP contribution in [0.25, 0.3) is 0 Å². The van der Waals surface area contributed by atoms with Crippen LogP contribution in [0.3, 0.4) is 0 Å². The third-order valence-electron chi connectivity index (χ3n) is 3.93. The minimum atomic E-state index is -0.861. The largest absolute Gasteiger partial charge is 0.481 e. The molecule has 1 aromatic rings. The Bertz CT molecular complexity index is 525. The first kappa shape index (κ1) is 12.2. The molecule has 0 radical (unpaired) electrons. The summed E-state index contributed by atoms with van der Waals surface area (Å²) in [5.74, 6) is -0.473. The van der Waals surface area contributed by atoms with Gasteiger partial charge in [0.25, 0.3) is 0 Å². The third-order valence-corrected chi connectivity index (χ3v) is 3.93. The molecule has 1 aromatic carbocycles. The molecule has 1 saturated carbocycles. The van der Waals surface area contributed by atoms with E-state index in [1.54, 1.807) is 24.3 Å². The van der Waals surface area contributed by atoms with Crippen LogP contribution >= 0.6 is 0 Å². The lowest BCUT2D eigenvalue weighted by Gasteiger charge is -2.12. The van der Waals surface area contributed by atoms with Crippen molar-refractivity contribution in [3.63, 3.8) is 0 Å². The SMILES string of the molecule is O=C(O)Cc1ccc(NC(=O)[C@@]23COC[C@@H]2C3)cc1. The zero-order valence-corrected chi connectivity index (χ0v) is 10.4. The number of carbonyl (C=O) groups excluding carboxylic acids is 1. The normalized spacial score (nSPS) is 27.7. The maximum atomic E-state index is 12.2. The highest BCUT2D eigenvalue weighted by Gasteiger charge is 2.63. The maximum Gasteiger partial charge on any atom is 0.307 e. The Hall–Kier alpha value is -1.88. The van der Waals surface area contributed by atoms with E-state index in [1.807, 2.05) is 0 Å². The van der Waals surface area contributed by atoms with Crippen molar-refractivity contribution in [1.82, 2.24) is 0 Å². The van der Waals surface area contributed by atoms with Crippen molar-refractivity contribution in [2.24, 2.45) is 11.3 Å².